The number of hydrogen-bond donors (Lipinski definition) is 1. The van der Waals surface area contributed by atoms with E-state index in [4.69, 9.17) is 0 Å². The number of unbranched alkanes of at least 4 members (excludes halogenated alkanes) is 6. The molecule has 0 aromatic carbocycles. The van der Waals surface area contributed by atoms with Gasteiger partial charge in [0.15, 0.2) is 0 Å². The van der Waals surface area contributed by atoms with Crippen LogP contribution < -0.4 is 5.32 Å². The third kappa shape index (κ3) is 15.4. The zero-order valence-corrected chi connectivity index (χ0v) is 13.6. The molecular weight excluding hydrogens is 236 g/mol. The van der Waals surface area contributed by atoms with Gasteiger partial charge < -0.3 is 9.80 Å². The molecule has 0 fully saturated rings. The molecule has 0 spiro atoms. The average molecular weight is 271 g/mol. The van der Waals surface area contributed by atoms with Crippen molar-refractivity contribution in [3.63, 3.8) is 0 Å². The first-order chi connectivity index (χ1) is 8.95. The zero-order chi connectivity index (χ0) is 14.6. The Hall–Kier alpha value is -0.570. The lowest BCUT2D eigenvalue weighted by Crippen LogP contribution is -2.37. The molecule has 0 aromatic rings. The second-order valence-corrected chi connectivity index (χ2v) is 6.59. The number of rotatable bonds is 12. The van der Waals surface area contributed by atoms with E-state index in [0.717, 1.165) is 30.4 Å². The summed E-state index contributed by atoms with van der Waals surface area (Å²) < 4.78 is 0.966. The molecule has 0 aliphatic heterocycles. The maximum atomic E-state index is 11.6. The van der Waals surface area contributed by atoms with Crippen molar-refractivity contribution in [1.82, 2.24) is 5.32 Å². The highest BCUT2D eigenvalue weighted by atomic mass is 16.1. The minimum Gasteiger partial charge on any atom is -0.356 e. The normalized spacial score (nSPS) is 11.6. The highest BCUT2D eigenvalue weighted by molar-refractivity contribution is 5.75. The van der Waals surface area contributed by atoms with E-state index in [1.165, 1.54) is 38.5 Å². The van der Waals surface area contributed by atoms with Crippen molar-refractivity contribution in [3.8, 4) is 0 Å². The molecule has 0 atom stereocenters. The van der Waals surface area contributed by atoms with Gasteiger partial charge in [0.05, 0.1) is 27.7 Å². The smallest absolute Gasteiger partial charge is 0.219 e. The van der Waals surface area contributed by atoms with Crippen LogP contribution in [0.4, 0.5) is 0 Å². The summed E-state index contributed by atoms with van der Waals surface area (Å²) in [5.41, 5.74) is 0. The van der Waals surface area contributed by atoms with Crippen molar-refractivity contribution in [2.75, 3.05) is 34.2 Å². The summed E-state index contributed by atoms with van der Waals surface area (Å²) in [4.78, 5) is 11.6. The van der Waals surface area contributed by atoms with Crippen LogP contribution in [-0.2, 0) is 4.79 Å². The van der Waals surface area contributed by atoms with Gasteiger partial charge >= 0.3 is 0 Å². The van der Waals surface area contributed by atoms with E-state index in [9.17, 15) is 4.79 Å². The molecule has 0 rings (SSSR count). The Bertz CT molecular complexity index is 221. The van der Waals surface area contributed by atoms with Crippen LogP contribution in [0.1, 0.15) is 64.7 Å². The number of carbonyl (C=O) groups is 1. The topological polar surface area (TPSA) is 29.1 Å². The molecule has 0 heterocycles. The molecule has 0 aliphatic rings. The zero-order valence-electron chi connectivity index (χ0n) is 13.6. The fraction of sp³-hybridized carbons (Fsp3) is 0.938. The number of quaternary nitrogens is 1. The van der Waals surface area contributed by atoms with Crippen molar-refractivity contribution in [1.29, 1.82) is 0 Å². The molecule has 19 heavy (non-hydrogen) atoms. The van der Waals surface area contributed by atoms with Gasteiger partial charge in [-0.25, -0.2) is 0 Å². The van der Waals surface area contributed by atoms with Crippen LogP contribution in [0.25, 0.3) is 0 Å². The average Bonchev–Trinajstić information content (AvgIpc) is 2.32. The molecule has 3 nitrogen and oxygen atoms in total. The van der Waals surface area contributed by atoms with E-state index >= 15 is 0 Å². The van der Waals surface area contributed by atoms with Crippen LogP contribution in [0.3, 0.4) is 0 Å². The fourth-order valence-corrected chi connectivity index (χ4v) is 2.11. The Morgan fingerprint density at radius 2 is 1.47 bits per heavy atom. The van der Waals surface area contributed by atoms with E-state index in [1.807, 2.05) is 0 Å². The molecule has 0 bridgehead atoms. The first kappa shape index (κ1) is 18.4. The SMILES string of the molecule is CCCCCCCCCC(=O)NCCC[N+](C)(C)C. The van der Waals surface area contributed by atoms with Crippen LogP contribution in [0, 0.1) is 0 Å². The molecule has 114 valence electrons. The third-order valence-corrected chi connectivity index (χ3v) is 3.34. The van der Waals surface area contributed by atoms with E-state index in [2.05, 4.69) is 33.4 Å². The summed E-state index contributed by atoms with van der Waals surface area (Å²) in [6.07, 6.45) is 10.7. The number of nitrogens with zero attached hydrogens (tertiary/aromatic N) is 1. The van der Waals surface area contributed by atoms with Gasteiger partial charge in [-0.15, -0.1) is 0 Å². The maximum absolute atomic E-state index is 11.6. The minimum absolute atomic E-state index is 0.231. The number of nitrogens with one attached hydrogen (secondary N) is 1. The Morgan fingerprint density at radius 3 is 2.05 bits per heavy atom. The molecule has 1 N–H and O–H groups in total. The summed E-state index contributed by atoms with van der Waals surface area (Å²) in [7, 11) is 6.54. The molecule has 0 radical (unpaired) electrons. The highest BCUT2D eigenvalue weighted by Gasteiger charge is 2.06. The van der Waals surface area contributed by atoms with E-state index < -0.39 is 0 Å². The molecule has 0 unspecified atom stereocenters. The number of carbonyl (C=O) groups excluding carboxylic acids is 1. The number of hydrogen-bond acceptors (Lipinski definition) is 1. The molecule has 1 amide bonds. The van der Waals surface area contributed by atoms with Gasteiger partial charge in [-0.05, 0) is 6.42 Å². The fourth-order valence-electron chi connectivity index (χ4n) is 2.11. The standard InChI is InChI=1S/C16H34N2O/c1-5-6-7-8-9-10-11-13-16(19)17-14-12-15-18(2,3)4/h5-15H2,1-4H3/p+1. The second kappa shape index (κ2) is 11.3. The van der Waals surface area contributed by atoms with Crippen molar-refractivity contribution in [2.24, 2.45) is 0 Å². The van der Waals surface area contributed by atoms with Crippen LogP contribution in [0.5, 0.6) is 0 Å². The molecule has 0 aliphatic carbocycles. The van der Waals surface area contributed by atoms with Crippen molar-refractivity contribution < 1.29 is 9.28 Å². The molecule has 0 aromatic heterocycles. The van der Waals surface area contributed by atoms with Gasteiger partial charge in [-0.2, -0.15) is 0 Å². The third-order valence-electron chi connectivity index (χ3n) is 3.34. The second-order valence-electron chi connectivity index (χ2n) is 6.59. The molecule has 0 saturated carbocycles. The van der Waals surface area contributed by atoms with Gasteiger partial charge in [0.1, 0.15) is 0 Å². The Morgan fingerprint density at radius 1 is 0.895 bits per heavy atom. The van der Waals surface area contributed by atoms with Crippen molar-refractivity contribution >= 4 is 5.91 Å². The first-order valence-electron chi connectivity index (χ1n) is 8.03. The summed E-state index contributed by atoms with van der Waals surface area (Å²) in [6.45, 7) is 4.17. The molecular formula is C16H35N2O+. The summed E-state index contributed by atoms with van der Waals surface area (Å²) >= 11 is 0. The quantitative estimate of drug-likeness (QED) is 0.428. The highest BCUT2D eigenvalue weighted by Crippen LogP contribution is 2.08. The maximum Gasteiger partial charge on any atom is 0.219 e. The van der Waals surface area contributed by atoms with Crippen LogP contribution in [0.2, 0.25) is 0 Å². The lowest BCUT2D eigenvalue weighted by atomic mass is 10.1. The first-order valence-corrected chi connectivity index (χ1v) is 8.03. The summed E-state index contributed by atoms with van der Waals surface area (Å²) in [5, 5.41) is 3.02. The predicted octanol–water partition coefficient (Wildman–Crippen LogP) is 3.34. The predicted molar refractivity (Wildman–Crippen MR) is 83.1 cm³/mol. The monoisotopic (exact) mass is 271 g/mol. The Balaban J connectivity index is 3.26. The summed E-state index contributed by atoms with van der Waals surface area (Å²) in [6, 6.07) is 0. The molecule has 0 saturated heterocycles. The largest absolute Gasteiger partial charge is 0.356 e. The van der Waals surface area contributed by atoms with E-state index in [0.29, 0.717) is 6.42 Å². The van der Waals surface area contributed by atoms with Gasteiger partial charge in [0.25, 0.3) is 0 Å². The molecule has 3 heteroatoms. The van der Waals surface area contributed by atoms with E-state index in [1.54, 1.807) is 0 Å². The van der Waals surface area contributed by atoms with Crippen LogP contribution in [-0.4, -0.2) is 44.6 Å². The Kier molecular flexibility index (Phi) is 10.9. The Labute approximate surface area is 120 Å². The van der Waals surface area contributed by atoms with E-state index in [-0.39, 0.29) is 5.91 Å². The van der Waals surface area contributed by atoms with Gasteiger partial charge in [-0.1, -0.05) is 45.4 Å². The van der Waals surface area contributed by atoms with Gasteiger partial charge in [0.2, 0.25) is 5.91 Å². The van der Waals surface area contributed by atoms with Gasteiger partial charge in [0, 0.05) is 19.4 Å². The number of amides is 1. The lowest BCUT2D eigenvalue weighted by molar-refractivity contribution is -0.870. The van der Waals surface area contributed by atoms with Crippen molar-refractivity contribution in [3.05, 3.63) is 0 Å². The lowest BCUT2D eigenvalue weighted by Gasteiger charge is -2.23. The summed E-state index contributed by atoms with van der Waals surface area (Å²) in [5.74, 6) is 0.231. The van der Waals surface area contributed by atoms with Crippen molar-refractivity contribution in [2.45, 2.75) is 64.7 Å². The minimum atomic E-state index is 0.231. The van der Waals surface area contributed by atoms with Crippen LogP contribution in [0.15, 0.2) is 0 Å². The van der Waals surface area contributed by atoms with Crippen LogP contribution >= 0.6 is 0 Å². The van der Waals surface area contributed by atoms with Gasteiger partial charge in [-0.3, -0.25) is 4.79 Å².